The number of rotatable bonds is 3. The Morgan fingerprint density at radius 1 is 1.50 bits per heavy atom. The number of hydrogen-bond donors (Lipinski definition) is 3. The third-order valence-electron chi connectivity index (χ3n) is 1.76. The number of benzene rings is 1. The predicted molar refractivity (Wildman–Crippen MR) is 67.1 cm³/mol. The predicted octanol–water partition coefficient (Wildman–Crippen LogP) is 2.46. The fourth-order valence-electron chi connectivity index (χ4n) is 1.01. The molecule has 0 radical (unpaired) electrons. The minimum absolute atomic E-state index is 0.0967. The fourth-order valence-corrected chi connectivity index (χ4v) is 1.35. The van der Waals surface area contributed by atoms with Crippen LogP contribution in [0.5, 0.6) is 0 Å². The molecule has 0 heterocycles. The lowest BCUT2D eigenvalue weighted by Gasteiger charge is -2.10. The van der Waals surface area contributed by atoms with Gasteiger partial charge in [0.1, 0.15) is 0 Å². The SMILES string of the molecule is CC(N)CNC(=O)Nc1cc(Cl)ccc1Cl. The summed E-state index contributed by atoms with van der Waals surface area (Å²) in [6.07, 6.45) is 0. The van der Waals surface area contributed by atoms with E-state index >= 15 is 0 Å². The second kappa shape index (κ2) is 5.94. The molecule has 0 aliphatic heterocycles. The van der Waals surface area contributed by atoms with Crippen LogP contribution in [0.25, 0.3) is 0 Å². The van der Waals surface area contributed by atoms with Gasteiger partial charge in [0.25, 0.3) is 0 Å². The zero-order chi connectivity index (χ0) is 12.1. The molecule has 1 unspecified atom stereocenters. The van der Waals surface area contributed by atoms with Crippen LogP contribution in [-0.4, -0.2) is 18.6 Å². The third kappa shape index (κ3) is 4.26. The summed E-state index contributed by atoms with van der Waals surface area (Å²) in [4.78, 5) is 11.4. The molecule has 0 saturated heterocycles. The standard InChI is InChI=1S/C10H13Cl2N3O/c1-6(13)5-14-10(16)15-9-4-7(11)2-3-8(9)12/h2-4,6H,5,13H2,1H3,(H2,14,15,16). The minimum Gasteiger partial charge on any atom is -0.336 e. The van der Waals surface area contributed by atoms with Gasteiger partial charge in [-0.2, -0.15) is 0 Å². The first-order chi connectivity index (χ1) is 7.49. The number of nitrogens with two attached hydrogens (primary N) is 1. The van der Waals surface area contributed by atoms with Crippen molar-refractivity contribution in [2.75, 3.05) is 11.9 Å². The maximum atomic E-state index is 11.4. The summed E-state index contributed by atoms with van der Waals surface area (Å²) in [6.45, 7) is 2.19. The van der Waals surface area contributed by atoms with Crippen LogP contribution >= 0.6 is 23.2 Å². The molecule has 1 rings (SSSR count). The molecule has 0 spiro atoms. The molecule has 0 bridgehead atoms. The molecule has 0 saturated carbocycles. The van der Waals surface area contributed by atoms with Gasteiger partial charge in [-0.25, -0.2) is 4.79 Å². The maximum absolute atomic E-state index is 11.4. The van der Waals surface area contributed by atoms with Gasteiger partial charge in [0.2, 0.25) is 0 Å². The Morgan fingerprint density at radius 2 is 2.19 bits per heavy atom. The van der Waals surface area contributed by atoms with Gasteiger partial charge in [0.05, 0.1) is 10.7 Å². The van der Waals surface area contributed by atoms with Crippen LogP contribution in [-0.2, 0) is 0 Å². The highest BCUT2D eigenvalue weighted by molar-refractivity contribution is 6.35. The van der Waals surface area contributed by atoms with Crippen molar-refractivity contribution in [2.45, 2.75) is 13.0 Å². The number of amides is 2. The van der Waals surface area contributed by atoms with Gasteiger partial charge in [-0.1, -0.05) is 23.2 Å². The van der Waals surface area contributed by atoms with E-state index in [1.165, 1.54) is 0 Å². The molecule has 6 heteroatoms. The Morgan fingerprint density at radius 3 is 2.81 bits per heavy atom. The zero-order valence-electron chi connectivity index (χ0n) is 8.76. The van der Waals surface area contributed by atoms with Gasteiger partial charge in [-0.05, 0) is 25.1 Å². The molecule has 0 aromatic heterocycles. The summed E-state index contributed by atoms with van der Waals surface area (Å²) in [5.41, 5.74) is 5.97. The number of carbonyl (C=O) groups is 1. The summed E-state index contributed by atoms with van der Waals surface area (Å²) < 4.78 is 0. The molecule has 4 nitrogen and oxygen atoms in total. The van der Waals surface area contributed by atoms with Gasteiger partial charge in [0, 0.05) is 17.6 Å². The molecule has 1 aromatic carbocycles. The van der Waals surface area contributed by atoms with E-state index in [2.05, 4.69) is 10.6 Å². The van der Waals surface area contributed by atoms with Gasteiger partial charge in [-0.3, -0.25) is 0 Å². The van der Waals surface area contributed by atoms with E-state index in [4.69, 9.17) is 28.9 Å². The summed E-state index contributed by atoms with van der Waals surface area (Å²) >= 11 is 11.7. The number of urea groups is 1. The normalized spacial score (nSPS) is 12.0. The Hall–Kier alpha value is -0.970. The highest BCUT2D eigenvalue weighted by atomic mass is 35.5. The smallest absolute Gasteiger partial charge is 0.319 e. The average molecular weight is 262 g/mol. The minimum atomic E-state index is -0.360. The molecular weight excluding hydrogens is 249 g/mol. The topological polar surface area (TPSA) is 67.1 Å². The summed E-state index contributed by atoms with van der Waals surface area (Å²) in [6, 6.07) is 4.39. The fraction of sp³-hybridized carbons (Fsp3) is 0.300. The van der Waals surface area contributed by atoms with E-state index in [-0.39, 0.29) is 12.1 Å². The van der Waals surface area contributed by atoms with Gasteiger partial charge in [-0.15, -0.1) is 0 Å². The lowest BCUT2D eigenvalue weighted by molar-refractivity contribution is 0.251. The first kappa shape index (κ1) is 13.1. The summed E-state index contributed by atoms with van der Waals surface area (Å²) in [5.74, 6) is 0. The van der Waals surface area contributed by atoms with Crippen molar-refractivity contribution in [3.8, 4) is 0 Å². The lowest BCUT2D eigenvalue weighted by atomic mass is 10.3. The molecule has 88 valence electrons. The van der Waals surface area contributed by atoms with Gasteiger partial charge < -0.3 is 16.4 Å². The second-order valence-corrected chi connectivity index (χ2v) is 4.28. The molecule has 2 amide bonds. The van der Waals surface area contributed by atoms with Crippen molar-refractivity contribution in [3.05, 3.63) is 28.2 Å². The van der Waals surface area contributed by atoms with Crippen molar-refractivity contribution in [1.82, 2.24) is 5.32 Å². The molecule has 4 N–H and O–H groups in total. The molecular formula is C10H13Cl2N3O. The van der Waals surface area contributed by atoms with E-state index in [1.54, 1.807) is 25.1 Å². The van der Waals surface area contributed by atoms with Crippen LogP contribution < -0.4 is 16.4 Å². The Balaban J connectivity index is 2.59. The molecule has 16 heavy (non-hydrogen) atoms. The van der Waals surface area contributed by atoms with E-state index < -0.39 is 0 Å². The number of carbonyl (C=O) groups excluding carboxylic acids is 1. The van der Waals surface area contributed by atoms with Gasteiger partial charge >= 0.3 is 6.03 Å². The molecule has 0 aliphatic carbocycles. The van der Waals surface area contributed by atoms with E-state index in [1.807, 2.05) is 0 Å². The number of halogens is 2. The largest absolute Gasteiger partial charge is 0.336 e. The lowest BCUT2D eigenvalue weighted by Crippen LogP contribution is -2.37. The van der Waals surface area contributed by atoms with E-state index in [0.717, 1.165) is 0 Å². The average Bonchev–Trinajstić information content (AvgIpc) is 2.20. The summed E-state index contributed by atoms with van der Waals surface area (Å²) in [5, 5.41) is 6.12. The van der Waals surface area contributed by atoms with Crippen LogP contribution in [0.4, 0.5) is 10.5 Å². The molecule has 1 aromatic rings. The van der Waals surface area contributed by atoms with Crippen molar-refractivity contribution in [1.29, 1.82) is 0 Å². The van der Waals surface area contributed by atoms with Crippen molar-refractivity contribution >= 4 is 34.9 Å². The van der Waals surface area contributed by atoms with Crippen LogP contribution in [0.1, 0.15) is 6.92 Å². The zero-order valence-corrected chi connectivity index (χ0v) is 10.3. The molecule has 1 atom stereocenters. The highest BCUT2D eigenvalue weighted by Gasteiger charge is 2.06. The van der Waals surface area contributed by atoms with Crippen LogP contribution in [0.3, 0.4) is 0 Å². The second-order valence-electron chi connectivity index (χ2n) is 3.44. The quantitative estimate of drug-likeness (QED) is 0.783. The Bertz CT molecular complexity index is 382. The molecule has 0 aliphatic rings. The van der Waals surface area contributed by atoms with Crippen LogP contribution in [0.15, 0.2) is 18.2 Å². The first-order valence-corrected chi connectivity index (χ1v) is 5.50. The van der Waals surface area contributed by atoms with E-state index in [9.17, 15) is 4.79 Å². The Kier molecular flexibility index (Phi) is 4.86. The first-order valence-electron chi connectivity index (χ1n) is 4.74. The number of hydrogen-bond acceptors (Lipinski definition) is 2. The van der Waals surface area contributed by atoms with Crippen molar-refractivity contribution < 1.29 is 4.79 Å². The Labute approximate surface area is 104 Å². The number of anilines is 1. The highest BCUT2D eigenvalue weighted by Crippen LogP contribution is 2.25. The monoisotopic (exact) mass is 261 g/mol. The number of nitrogens with one attached hydrogen (secondary N) is 2. The molecule has 0 fully saturated rings. The van der Waals surface area contributed by atoms with Crippen molar-refractivity contribution in [3.63, 3.8) is 0 Å². The summed E-state index contributed by atoms with van der Waals surface area (Å²) in [7, 11) is 0. The van der Waals surface area contributed by atoms with E-state index in [0.29, 0.717) is 22.3 Å². The maximum Gasteiger partial charge on any atom is 0.319 e. The van der Waals surface area contributed by atoms with Gasteiger partial charge in [0.15, 0.2) is 0 Å². The van der Waals surface area contributed by atoms with Crippen LogP contribution in [0, 0.1) is 0 Å². The van der Waals surface area contributed by atoms with Crippen LogP contribution in [0.2, 0.25) is 10.0 Å². The third-order valence-corrected chi connectivity index (χ3v) is 2.33. The van der Waals surface area contributed by atoms with Crippen molar-refractivity contribution in [2.24, 2.45) is 5.73 Å².